The van der Waals surface area contributed by atoms with E-state index in [4.69, 9.17) is 5.11 Å². The smallest absolute Gasteiger partial charge is 0.328 e. The Labute approximate surface area is 148 Å². The Kier molecular flexibility index (Phi) is 12.1. The number of hydrogen-bond acceptors (Lipinski definition) is 5. The molecule has 0 aromatic carbocycles. The molecule has 0 fully saturated rings. The molecule has 0 spiro atoms. The fourth-order valence-corrected chi connectivity index (χ4v) is 2.24. The van der Waals surface area contributed by atoms with Crippen LogP contribution in [-0.4, -0.2) is 48.1 Å². The number of carbonyl (C=O) groups is 4. The molecule has 25 heavy (non-hydrogen) atoms. The third-order valence-electron chi connectivity index (χ3n) is 3.72. The summed E-state index contributed by atoms with van der Waals surface area (Å²) in [6.07, 6.45) is 4.93. The van der Waals surface area contributed by atoms with Crippen LogP contribution in [0.1, 0.15) is 65.2 Å². The minimum absolute atomic E-state index is 0.0450. The van der Waals surface area contributed by atoms with Crippen LogP contribution >= 0.6 is 0 Å². The zero-order valence-electron chi connectivity index (χ0n) is 15.3. The van der Waals surface area contributed by atoms with E-state index in [0.717, 1.165) is 32.1 Å². The number of carbonyl (C=O) groups excluding carboxylic acids is 3. The number of carboxylic acid groups (broad SMARTS) is 1. The number of nitrogens with one attached hydrogen (secondary N) is 2. The molecule has 2 amide bonds. The minimum atomic E-state index is -1.06. The Morgan fingerprint density at radius 1 is 1.00 bits per heavy atom. The van der Waals surface area contributed by atoms with Crippen LogP contribution in [0.25, 0.3) is 0 Å². The first-order valence-corrected chi connectivity index (χ1v) is 8.71. The molecule has 3 N–H and O–H groups in total. The number of carboxylic acids is 1. The standard InChI is InChI=1S/C17H30N2O6/c1-4-5-6-7-8-9-14(20)19-13(10-11-15(21)22)16(23)18-12(2)17(24)25-3/h12-13H,4-11H2,1-3H3,(H,18,23)(H,19,20)(H,21,22)/t12-,13+/m0/s1. The second-order valence-electron chi connectivity index (χ2n) is 5.97. The predicted octanol–water partition coefficient (Wildman–Crippen LogP) is 1.37. The number of unbranched alkanes of at least 4 members (excludes halogenated alkanes) is 4. The molecule has 0 bridgehead atoms. The highest BCUT2D eigenvalue weighted by Crippen LogP contribution is 2.06. The Morgan fingerprint density at radius 2 is 1.64 bits per heavy atom. The summed E-state index contributed by atoms with van der Waals surface area (Å²) in [6.45, 7) is 3.56. The van der Waals surface area contributed by atoms with Gasteiger partial charge in [0.25, 0.3) is 0 Å². The molecule has 0 aliphatic carbocycles. The lowest BCUT2D eigenvalue weighted by Gasteiger charge is -2.20. The molecule has 0 aromatic rings. The first kappa shape index (κ1) is 22.9. The molecular formula is C17H30N2O6. The van der Waals surface area contributed by atoms with Crippen LogP contribution in [0.5, 0.6) is 0 Å². The van der Waals surface area contributed by atoms with Crippen LogP contribution in [0.2, 0.25) is 0 Å². The van der Waals surface area contributed by atoms with Gasteiger partial charge in [-0.25, -0.2) is 4.79 Å². The van der Waals surface area contributed by atoms with Crippen molar-refractivity contribution in [3.05, 3.63) is 0 Å². The van der Waals surface area contributed by atoms with Gasteiger partial charge in [0.05, 0.1) is 7.11 Å². The van der Waals surface area contributed by atoms with Crippen molar-refractivity contribution in [2.75, 3.05) is 7.11 Å². The summed E-state index contributed by atoms with van der Waals surface area (Å²) in [5.41, 5.74) is 0. The molecule has 144 valence electrons. The van der Waals surface area contributed by atoms with Crippen LogP contribution in [0, 0.1) is 0 Å². The van der Waals surface area contributed by atoms with E-state index >= 15 is 0 Å². The molecule has 0 radical (unpaired) electrons. The van der Waals surface area contributed by atoms with Gasteiger partial charge in [-0.2, -0.15) is 0 Å². The number of aliphatic carboxylic acids is 1. The van der Waals surface area contributed by atoms with Crippen LogP contribution < -0.4 is 10.6 Å². The van der Waals surface area contributed by atoms with Gasteiger partial charge in [-0.1, -0.05) is 32.6 Å². The van der Waals surface area contributed by atoms with Crippen molar-refractivity contribution in [2.24, 2.45) is 0 Å². The largest absolute Gasteiger partial charge is 0.481 e. The molecule has 0 saturated carbocycles. The Morgan fingerprint density at radius 3 is 2.20 bits per heavy atom. The first-order chi connectivity index (χ1) is 11.8. The zero-order valence-corrected chi connectivity index (χ0v) is 15.3. The van der Waals surface area contributed by atoms with E-state index in [1.165, 1.54) is 14.0 Å². The normalized spacial score (nSPS) is 12.8. The average molecular weight is 358 g/mol. The summed E-state index contributed by atoms with van der Waals surface area (Å²) in [7, 11) is 1.20. The number of hydrogen-bond donors (Lipinski definition) is 3. The highest BCUT2D eigenvalue weighted by Gasteiger charge is 2.25. The van der Waals surface area contributed by atoms with Gasteiger partial charge in [0.15, 0.2) is 0 Å². The van der Waals surface area contributed by atoms with Crippen molar-refractivity contribution < 1.29 is 29.0 Å². The van der Waals surface area contributed by atoms with Gasteiger partial charge >= 0.3 is 11.9 Å². The molecule has 0 heterocycles. The summed E-state index contributed by atoms with van der Waals surface area (Å²) < 4.78 is 4.52. The van der Waals surface area contributed by atoms with Gasteiger partial charge in [-0.15, -0.1) is 0 Å². The average Bonchev–Trinajstić information content (AvgIpc) is 2.57. The predicted molar refractivity (Wildman–Crippen MR) is 91.8 cm³/mol. The van der Waals surface area contributed by atoms with Crippen molar-refractivity contribution in [3.8, 4) is 0 Å². The van der Waals surface area contributed by atoms with Gasteiger partial charge in [-0.05, 0) is 19.8 Å². The Bertz CT molecular complexity index is 452. The fraction of sp³-hybridized carbons (Fsp3) is 0.765. The molecular weight excluding hydrogens is 328 g/mol. The molecule has 0 aliphatic heterocycles. The third-order valence-corrected chi connectivity index (χ3v) is 3.72. The maximum atomic E-state index is 12.2. The van der Waals surface area contributed by atoms with Crippen LogP contribution in [0.4, 0.5) is 0 Å². The third kappa shape index (κ3) is 11.1. The van der Waals surface area contributed by atoms with Crippen LogP contribution in [0.15, 0.2) is 0 Å². The highest BCUT2D eigenvalue weighted by molar-refractivity contribution is 5.90. The molecule has 2 atom stereocenters. The number of esters is 1. The van der Waals surface area contributed by atoms with E-state index in [0.29, 0.717) is 0 Å². The minimum Gasteiger partial charge on any atom is -0.481 e. The summed E-state index contributed by atoms with van der Waals surface area (Å²) in [6, 6.07) is -1.87. The van der Waals surface area contributed by atoms with Gasteiger partial charge in [-0.3, -0.25) is 14.4 Å². The summed E-state index contributed by atoms with van der Waals surface area (Å²) >= 11 is 0. The number of ether oxygens (including phenoxy) is 1. The van der Waals surface area contributed by atoms with Gasteiger partial charge in [0.1, 0.15) is 12.1 Å². The molecule has 0 saturated heterocycles. The van der Waals surface area contributed by atoms with Gasteiger partial charge in [0.2, 0.25) is 11.8 Å². The Balaban J connectivity index is 4.54. The summed E-state index contributed by atoms with van der Waals surface area (Å²) in [4.78, 5) is 46.3. The SMILES string of the molecule is CCCCCCCC(=O)N[C@H](CCC(=O)O)C(=O)N[C@@H](C)C(=O)OC. The molecule has 0 rings (SSSR count). The van der Waals surface area contributed by atoms with Crippen molar-refractivity contribution >= 4 is 23.8 Å². The van der Waals surface area contributed by atoms with Crippen molar-refractivity contribution in [3.63, 3.8) is 0 Å². The van der Waals surface area contributed by atoms with E-state index in [9.17, 15) is 19.2 Å². The maximum absolute atomic E-state index is 12.2. The number of rotatable bonds is 13. The quantitative estimate of drug-likeness (QED) is 0.338. The molecule has 0 aliphatic rings. The summed E-state index contributed by atoms with van der Waals surface area (Å²) in [5.74, 6) is -2.58. The van der Waals surface area contributed by atoms with Crippen molar-refractivity contribution in [2.45, 2.75) is 77.3 Å². The van der Waals surface area contributed by atoms with E-state index in [1.54, 1.807) is 0 Å². The monoisotopic (exact) mass is 358 g/mol. The van der Waals surface area contributed by atoms with Crippen LogP contribution in [-0.2, 0) is 23.9 Å². The number of amides is 2. The molecule has 0 unspecified atom stereocenters. The lowest BCUT2D eigenvalue weighted by molar-refractivity contribution is -0.145. The zero-order chi connectivity index (χ0) is 19.2. The second kappa shape index (κ2) is 13.2. The lowest BCUT2D eigenvalue weighted by Crippen LogP contribution is -2.51. The van der Waals surface area contributed by atoms with E-state index in [2.05, 4.69) is 22.3 Å². The lowest BCUT2D eigenvalue weighted by atomic mass is 10.1. The molecule has 8 nitrogen and oxygen atoms in total. The topological polar surface area (TPSA) is 122 Å². The van der Waals surface area contributed by atoms with Gasteiger partial charge in [0, 0.05) is 12.8 Å². The first-order valence-electron chi connectivity index (χ1n) is 8.71. The second-order valence-corrected chi connectivity index (χ2v) is 5.97. The fourth-order valence-electron chi connectivity index (χ4n) is 2.24. The van der Waals surface area contributed by atoms with E-state index in [-0.39, 0.29) is 25.2 Å². The highest BCUT2D eigenvalue weighted by atomic mass is 16.5. The van der Waals surface area contributed by atoms with E-state index in [1.807, 2.05) is 0 Å². The number of methoxy groups -OCH3 is 1. The van der Waals surface area contributed by atoms with E-state index < -0.39 is 29.9 Å². The van der Waals surface area contributed by atoms with Crippen LogP contribution in [0.3, 0.4) is 0 Å². The molecule has 0 aromatic heterocycles. The Hall–Kier alpha value is -2.12. The van der Waals surface area contributed by atoms with Crippen molar-refractivity contribution in [1.29, 1.82) is 0 Å². The molecule has 8 heteroatoms. The van der Waals surface area contributed by atoms with Crippen molar-refractivity contribution in [1.82, 2.24) is 10.6 Å². The maximum Gasteiger partial charge on any atom is 0.328 e. The van der Waals surface area contributed by atoms with Gasteiger partial charge < -0.3 is 20.5 Å². The summed E-state index contributed by atoms with van der Waals surface area (Å²) in [5, 5.41) is 13.8.